The molecule has 0 spiro atoms. The number of hydrogen-bond acceptors (Lipinski definition) is 0. The average Bonchev–Trinajstić information content (AvgIpc) is 3.34. The van der Waals surface area contributed by atoms with E-state index in [0.29, 0.717) is 5.92 Å². The van der Waals surface area contributed by atoms with E-state index in [9.17, 15) is 0 Å². The Labute approximate surface area is 163 Å². The van der Waals surface area contributed by atoms with Crippen LogP contribution in [0.4, 0.5) is 0 Å². The molecule has 2 aromatic rings. The van der Waals surface area contributed by atoms with Gasteiger partial charge in [-0.1, -0.05) is 60.7 Å². The molecule has 0 nitrogen and oxygen atoms in total. The molecule has 4 rings (SSSR count). The minimum atomic E-state index is 0. The van der Waals surface area contributed by atoms with Crippen LogP contribution in [0.3, 0.4) is 0 Å². The van der Waals surface area contributed by atoms with E-state index in [4.69, 9.17) is 0 Å². The molecule has 0 saturated carbocycles. The molecule has 2 aromatic carbocycles. The third kappa shape index (κ3) is 5.06. The van der Waals surface area contributed by atoms with Crippen LogP contribution < -0.4 is 0 Å². The van der Waals surface area contributed by atoms with Gasteiger partial charge in [0.15, 0.2) is 0 Å². The Morgan fingerprint density at radius 2 is 1.42 bits per heavy atom. The van der Waals surface area contributed by atoms with E-state index in [1.165, 1.54) is 16.7 Å². The van der Waals surface area contributed by atoms with E-state index in [2.05, 4.69) is 91.0 Å². The van der Waals surface area contributed by atoms with Gasteiger partial charge < -0.3 is 2.85 Å². The van der Waals surface area contributed by atoms with E-state index in [0.717, 1.165) is 12.8 Å². The van der Waals surface area contributed by atoms with Gasteiger partial charge in [-0.05, 0) is 11.1 Å². The van der Waals surface area contributed by atoms with Crippen molar-refractivity contribution in [3.63, 3.8) is 0 Å². The summed E-state index contributed by atoms with van der Waals surface area (Å²) in [5.74, 6) is 0.311. The Hall–Kier alpha value is -1.89. The van der Waals surface area contributed by atoms with E-state index in [1.54, 1.807) is 0 Å². The molecule has 2 aliphatic rings. The third-order valence-corrected chi connectivity index (χ3v) is 3.88. The van der Waals surface area contributed by atoms with Gasteiger partial charge in [0.1, 0.15) is 0 Å². The smallest absolute Gasteiger partial charge is 1.00 e. The summed E-state index contributed by atoms with van der Waals surface area (Å²) in [5.41, 5.74) is 3.95. The van der Waals surface area contributed by atoms with Gasteiger partial charge in [-0.3, -0.25) is 12.2 Å². The first-order valence-corrected chi connectivity index (χ1v) is 8.04. The zero-order valence-electron chi connectivity index (χ0n) is 15.7. The van der Waals surface area contributed by atoms with Crippen LogP contribution in [0.1, 0.15) is 32.7 Å². The molecule has 120 valence electrons. The van der Waals surface area contributed by atoms with Gasteiger partial charge in [0.05, 0.1) is 0 Å². The topological polar surface area (TPSA) is 0 Å². The molecule has 1 heteroatoms. The third-order valence-electron chi connectivity index (χ3n) is 3.88. The minimum Gasteiger partial charge on any atom is -1.00 e. The van der Waals surface area contributed by atoms with Crippen LogP contribution in [-0.2, 0) is 21.7 Å². The first-order chi connectivity index (χ1) is 11.4. The van der Waals surface area contributed by atoms with E-state index >= 15 is 0 Å². The fourth-order valence-electron chi connectivity index (χ4n) is 2.80. The van der Waals surface area contributed by atoms with Crippen molar-refractivity contribution in [3.8, 4) is 0 Å². The summed E-state index contributed by atoms with van der Waals surface area (Å²) in [6, 6.07) is 21.3. The number of allylic oxidation sites excluding steroid dienone is 8. The molecule has 0 saturated heterocycles. The summed E-state index contributed by atoms with van der Waals surface area (Å²) < 4.78 is 0. The molecular weight excluding hydrogens is 324 g/mol. The molecular formula is C23H22Ti-2. The number of hydrogen-bond donors (Lipinski definition) is 0. The summed E-state index contributed by atoms with van der Waals surface area (Å²) in [6.07, 6.45) is 18.8. The monoisotopic (exact) mass is 346 g/mol. The van der Waals surface area contributed by atoms with Gasteiger partial charge in [-0.2, -0.15) is 12.2 Å². The van der Waals surface area contributed by atoms with Crippen LogP contribution in [0.2, 0.25) is 0 Å². The Morgan fingerprint density at radius 3 is 1.79 bits per heavy atom. The first kappa shape index (κ1) is 18.5. The van der Waals surface area contributed by atoms with Crippen LogP contribution in [0.5, 0.6) is 0 Å². The van der Waals surface area contributed by atoms with Gasteiger partial charge >= 0.3 is 21.7 Å². The molecule has 24 heavy (non-hydrogen) atoms. The predicted octanol–water partition coefficient (Wildman–Crippen LogP) is 6.04. The quantitative estimate of drug-likeness (QED) is 0.470. The zero-order chi connectivity index (χ0) is 15.7. The molecule has 2 aliphatic carbocycles. The molecule has 0 radical (unpaired) electrons. The second-order valence-electron chi connectivity index (χ2n) is 5.50. The van der Waals surface area contributed by atoms with Crippen LogP contribution in [0.15, 0.2) is 96.6 Å². The molecule has 0 bridgehead atoms. The molecule has 0 fully saturated rings. The van der Waals surface area contributed by atoms with Crippen molar-refractivity contribution in [2.45, 2.75) is 18.8 Å². The van der Waals surface area contributed by atoms with Crippen molar-refractivity contribution in [3.05, 3.63) is 120 Å². The fourth-order valence-corrected chi connectivity index (χ4v) is 2.80. The van der Waals surface area contributed by atoms with Crippen molar-refractivity contribution in [2.75, 3.05) is 0 Å². The largest absolute Gasteiger partial charge is 2.00 e. The molecule has 0 N–H and O–H groups in total. The van der Waals surface area contributed by atoms with E-state index < -0.39 is 0 Å². The van der Waals surface area contributed by atoms with Crippen LogP contribution in [-0.4, -0.2) is 0 Å². The second kappa shape index (κ2) is 10.1. The Kier molecular flexibility index (Phi) is 7.75. The van der Waals surface area contributed by atoms with Crippen molar-refractivity contribution < 1.29 is 24.6 Å². The summed E-state index contributed by atoms with van der Waals surface area (Å²) >= 11 is 0. The first-order valence-electron chi connectivity index (χ1n) is 8.04. The fraction of sp³-hybridized carbons (Fsp3) is 0.130. The molecule has 0 heterocycles. The van der Waals surface area contributed by atoms with Gasteiger partial charge in [0, 0.05) is 5.92 Å². The summed E-state index contributed by atoms with van der Waals surface area (Å²) in [5, 5.41) is 0. The molecule has 0 aromatic heterocycles. The summed E-state index contributed by atoms with van der Waals surface area (Å²) in [7, 11) is 0. The van der Waals surface area contributed by atoms with Gasteiger partial charge in [-0.15, -0.1) is 12.8 Å². The van der Waals surface area contributed by atoms with E-state index in [1.807, 2.05) is 12.2 Å². The minimum absolute atomic E-state index is 0. The summed E-state index contributed by atoms with van der Waals surface area (Å²) in [6.45, 7) is 0. The van der Waals surface area contributed by atoms with Crippen molar-refractivity contribution in [1.82, 2.24) is 0 Å². The number of rotatable bonds is 3. The van der Waals surface area contributed by atoms with Crippen molar-refractivity contribution in [1.29, 1.82) is 0 Å². The van der Waals surface area contributed by atoms with Gasteiger partial charge in [0.2, 0.25) is 0 Å². The van der Waals surface area contributed by atoms with Crippen LogP contribution in [0, 0.1) is 12.2 Å². The normalized spacial score (nSPS) is 14.1. The maximum Gasteiger partial charge on any atom is 2.00 e. The standard InChI is InChI=1S/C18H15.C5H5.Ti.2H/c1-3-9-15(10-4-1)18(17-13-7-8-14-17)16-11-5-2-6-12-16;1-2-4-5-3-1;;;/h1-7,9-13,18H,8H2;1-3H,4H2;;;/q2*-1;+2;2*-1. The average molecular weight is 346 g/mol. The van der Waals surface area contributed by atoms with E-state index in [-0.39, 0.29) is 24.6 Å². The van der Waals surface area contributed by atoms with Crippen LogP contribution in [0.25, 0.3) is 0 Å². The Balaban J connectivity index is 0.000000685. The SMILES string of the molecule is [C-]1=C(C(c2ccccc2)c2ccccc2)C=CC1.[C-]1=CC=CC1.[H-].[H-].[Ti+2]. The Morgan fingerprint density at radius 1 is 0.792 bits per heavy atom. The maximum absolute atomic E-state index is 3.46. The zero-order valence-corrected chi connectivity index (χ0v) is 15.2. The number of benzene rings is 2. The van der Waals surface area contributed by atoms with Gasteiger partial charge in [0.25, 0.3) is 0 Å². The Bertz CT molecular complexity index is 682. The molecule has 0 aliphatic heterocycles. The molecule has 0 atom stereocenters. The summed E-state index contributed by atoms with van der Waals surface area (Å²) in [4.78, 5) is 0. The maximum atomic E-state index is 3.46. The van der Waals surface area contributed by atoms with Gasteiger partial charge in [-0.25, -0.2) is 23.8 Å². The molecule has 0 amide bonds. The van der Waals surface area contributed by atoms with Crippen LogP contribution >= 0.6 is 0 Å². The van der Waals surface area contributed by atoms with Crippen molar-refractivity contribution in [2.24, 2.45) is 0 Å². The predicted molar refractivity (Wildman–Crippen MR) is 99.0 cm³/mol. The molecule has 0 unspecified atom stereocenters. The van der Waals surface area contributed by atoms with Crippen molar-refractivity contribution >= 4 is 0 Å². The second-order valence-corrected chi connectivity index (χ2v) is 5.50.